The molecular weight excluding hydrogens is 721 g/mol. The van der Waals surface area contributed by atoms with Crippen LogP contribution in [0.25, 0.3) is 0 Å². The summed E-state index contributed by atoms with van der Waals surface area (Å²) in [6.45, 7) is 34.5. The van der Waals surface area contributed by atoms with Gasteiger partial charge in [0.05, 0.1) is 30.7 Å². The van der Waals surface area contributed by atoms with E-state index in [0.717, 1.165) is 23.3 Å². The van der Waals surface area contributed by atoms with Gasteiger partial charge in [-0.2, -0.15) is 8.42 Å². The van der Waals surface area contributed by atoms with Crippen LogP contribution in [0.4, 0.5) is 0 Å². The lowest BCUT2D eigenvalue weighted by Crippen LogP contribution is -2.39. The summed E-state index contributed by atoms with van der Waals surface area (Å²) in [4.78, 5) is 13.0. The molecule has 316 valence electrons. The van der Waals surface area contributed by atoms with Crippen LogP contribution in [0, 0.1) is 0 Å². The Hall–Kier alpha value is -3.00. The maximum absolute atomic E-state index is 10.6. The molecule has 0 saturated carbocycles. The van der Waals surface area contributed by atoms with Crippen LogP contribution in [-0.2, 0) is 29.2 Å². The first-order valence-electron chi connectivity index (χ1n) is 19.0. The topological polar surface area (TPSA) is 144 Å². The third kappa shape index (κ3) is 26.5. The van der Waals surface area contributed by atoms with Gasteiger partial charge in [0, 0.05) is 29.6 Å². The van der Waals surface area contributed by atoms with Crippen molar-refractivity contribution in [2.75, 3.05) is 39.2 Å². The second-order valence-corrected chi connectivity index (χ2v) is 19.0. The van der Waals surface area contributed by atoms with Crippen molar-refractivity contribution in [3.8, 4) is 11.5 Å². The van der Waals surface area contributed by atoms with Gasteiger partial charge in [0.15, 0.2) is 0 Å². The highest BCUT2D eigenvalue weighted by Crippen LogP contribution is 2.33. The van der Waals surface area contributed by atoms with Gasteiger partial charge in [-0.3, -0.25) is 13.9 Å². The smallest absolute Gasteiger partial charge is 0.264 e. The summed E-state index contributed by atoms with van der Waals surface area (Å²) in [5.74, 6) is 1.35. The molecule has 1 fully saturated rings. The lowest BCUT2D eigenvalue weighted by Gasteiger charge is -2.26. The SMILES string of the molecule is C=CC(=O)NC(C)(C)C.CC(C)(C)N1CC1.CC(C)(C)OS(C)(=O)=O.CCC(O)COc1ccc(C(C)(C)c2ccc(OCC(O)COC(C)C)cc2)cc1. The maximum Gasteiger partial charge on any atom is 0.264 e. The monoisotopic (exact) mass is 795 g/mol. The van der Waals surface area contributed by atoms with Crippen molar-refractivity contribution in [2.24, 2.45) is 0 Å². The summed E-state index contributed by atoms with van der Waals surface area (Å²) in [6.07, 6.45) is 1.98. The molecule has 11 nitrogen and oxygen atoms in total. The van der Waals surface area contributed by atoms with Gasteiger partial charge in [0.1, 0.15) is 30.8 Å². The first-order chi connectivity index (χ1) is 25.0. The third-order valence-corrected chi connectivity index (χ3v) is 8.41. The van der Waals surface area contributed by atoms with E-state index in [1.54, 1.807) is 20.8 Å². The fourth-order valence-electron chi connectivity index (χ4n) is 4.55. The van der Waals surface area contributed by atoms with Crippen molar-refractivity contribution in [3.05, 3.63) is 72.3 Å². The van der Waals surface area contributed by atoms with Crippen molar-refractivity contribution >= 4 is 16.0 Å². The Bertz CT molecular complexity index is 1480. The Morgan fingerprint density at radius 3 is 1.45 bits per heavy atom. The van der Waals surface area contributed by atoms with E-state index in [4.69, 9.17) is 14.2 Å². The Kier molecular flexibility index (Phi) is 22.0. The molecule has 1 aliphatic rings. The van der Waals surface area contributed by atoms with Crippen molar-refractivity contribution in [3.63, 3.8) is 0 Å². The van der Waals surface area contributed by atoms with Crippen LogP contribution in [0.2, 0.25) is 0 Å². The van der Waals surface area contributed by atoms with Crippen LogP contribution in [0.5, 0.6) is 11.5 Å². The number of hydrogen-bond donors (Lipinski definition) is 3. The molecule has 2 unspecified atom stereocenters. The number of carbonyl (C=O) groups excluding carboxylic acids is 1. The molecule has 55 heavy (non-hydrogen) atoms. The van der Waals surface area contributed by atoms with Crippen molar-refractivity contribution < 1.29 is 41.8 Å². The molecule has 2 aromatic rings. The number of ether oxygens (including phenoxy) is 3. The van der Waals surface area contributed by atoms with E-state index in [1.807, 2.05) is 77.9 Å². The lowest BCUT2D eigenvalue weighted by atomic mass is 9.78. The fraction of sp³-hybridized carbons (Fsp3) is 0.651. The molecule has 2 atom stereocenters. The summed E-state index contributed by atoms with van der Waals surface area (Å²) < 4.78 is 42.1. The molecule has 1 saturated heterocycles. The van der Waals surface area contributed by atoms with Crippen LogP contribution in [0.1, 0.15) is 114 Å². The van der Waals surface area contributed by atoms with E-state index in [-0.39, 0.29) is 36.2 Å². The summed E-state index contributed by atoms with van der Waals surface area (Å²) in [5, 5.41) is 22.3. The minimum absolute atomic E-state index is 0.0877. The number of rotatable bonds is 14. The number of amides is 1. The lowest BCUT2D eigenvalue weighted by molar-refractivity contribution is -0.117. The largest absolute Gasteiger partial charge is 0.491 e. The fourth-order valence-corrected chi connectivity index (χ4v) is 5.46. The molecule has 1 heterocycles. The Balaban J connectivity index is 0.000000936. The molecule has 0 aliphatic carbocycles. The second-order valence-electron chi connectivity index (χ2n) is 17.4. The van der Waals surface area contributed by atoms with Crippen molar-refractivity contribution in [2.45, 2.75) is 144 Å². The third-order valence-electron chi connectivity index (χ3n) is 7.61. The molecule has 3 N–H and O–H groups in total. The molecule has 0 spiro atoms. The van der Waals surface area contributed by atoms with E-state index < -0.39 is 27.9 Å². The average molecular weight is 795 g/mol. The van der Waals surface area contributed by atoms with Crippen LogP contribution >= 0.6 is 0 Å². The summed E-state index contributed by atoms with van der Waals surface area (Å²) in [6, 6.07) is 16.0. The van der Waals surface area contributed by atoms with Gasteiger partial charge >= 0.3 is 0 Å². The molecular formula is C43H74N2O9S. The zero-order valence-electron chi connectivity index (χ0n) is 36.5. The first-order valence-corrected chi connectivity index (χ1v) is 20.8. The van der Waals surface area contributed by atoms with Crippen LogP contribution in [0.3, 0.4) is 0 Å². The van der Waals surface area contributed by atoms with Gasteiger partial charge in [0.2, 0.25) is 5.91 Å². The minimum atomic E-state index is -3.28. The van der Waals surface area contributed by atoms with Crippen LogP contribution < -0.4 is 14.8 Å². The molecule has 0 aromatic heterocycles. The summed E-state index contributed by atoms with van der Waals surface area (Å²) in [7, 11) is -3.28. The Morgan fingerprint density at radius 1 is 0.800 bits per heavy atom. The predicted octanol–water partition coefficient (Wildman–Crippen LogP) is 7.28. The molecule has 3 rings (SSSR count). The van der Waals surface area contributed by atoms with Crippen LogP contribution in [-0.4, -0.2) is 104 Å². The van der Waals surface area contributed by atoms with Crippen molar-refractivity contribution in [1.82, 2.24) is 10.2 Å². The molecule has 2 aromatic carbocycles. The first kappa shape index (κ1) is 52.0. The van der Waals surface area contributed by atoms with Gasteiger partial charge in [-0.15, -0.1) is 0 Å². The van der Waals surface area contributed by atoms with Gasteiger partial charge in [-0.05, 0) is 124 Å². The van der Waals surface area contributed by atoms with E-state index in [1.165, 1.54) is 24.7 Å². The van der Waals surface area contributed by atoms with Gasteiger partial charge in [-0.1, -0.05) is 51.6 Å². The number of hydrogen-bond acceptors (Lipinski definition) is 10. The van der Waals surface area contributed by atoms with E-state index in [2.05, 4.69) is 67.7 Å². The number of aliphatic hydroxyl groups is 2. The highest BCUT2D eigenvalue weighted by molar-refractivity contribution is 7.86. The predicted molar refractivity (Wildman–Crippen MR) is 224 cm³/mol. The average Bonchev–Trinajstić information content (AvgIpc) is 3.91. The maximum atomic E-state index is 10.6. The van der Waals surface area contributed by atoms with Gasteiger partial charge in [0.25, 0.3) is 10.1 Å². The molecule has 12 heteroatoms. The number of nitrogens with zero attached hydrogens (tertiary/aromatic N) is 1. The number of benzene rings is 2. The normalized spacial score (nSPS) is 14.4. The molecule has 0 radical (unpaired) electrons. The van der Waals surface area contributed by atoms with E-state index in [9.17, 15) is 23.4 Å². The highest BCUT2D eigenvalue weighted by atomic mass is 32.2. The molecule has 1 amide bonds. The number of nitrogens with one attached hydrogen (secondary N) is 1. The molecule has 1 aliphatic heterocycles. The van der Waals surface area contributed by atoms with Gasteiger partial charge < -0.3 is 29.7 Å². The zero-order chi connectivity index (χ0) is 42.8. The van der Waals surface area contributed by atoms with Crippen LogP contribution in [0.15, 0.2) is 61.2 Å². The van der Waals surface area contributed by atoms with Crippen molar-refractivity contribution in [1.29, 1.82) is 0 Å². The molecule has 0 bridgehead atoms. The standard InChI is InChI=1S/C25H36O5.C7H13NO.C6H13N.C5H12O3S/c1-6-21(26)15-29-23-11-7-19(8-12-23)25(4,5)20-9-13-24(14-10-20)30-17-22(27)16-28-18(2)3;1-5-6(9)8-7(2,3)4;1-6(2,3)7-4-5-7;1-5(2,3)8-9(4,6)7/h7-14,18,21-22,26-27H,6,15-17H2,1-5H3;5H,1H2,2-4H3,(H,8,9);4-5H2,1-3H3;1-4H3. The number of carbonyl (C=O) groups is 1. The Labute approximate surface area is 333 Å². The number of aliphatic hydroxyl groups excluding tert-OH is 2. The van der Waals surface area contributed by atoms with Gasteiger partial charge in [-0.25, -0.2) is 0 Å². The van der Waals surface area contributed by atoms with E-state index in [0.29, 0.717) is 18.6 Å². The summed E-state index contributed by atoms with van der Waals surface area (Å²) >= 11 is 0. The quantitative estimate of drug-likeness (QED) is 0.102. The minimum Gasteiger partial charge on any atom is -0.491 e. The Morgan fingerprint density at radius 2 is 1.22 bits per heavy atom. The van der Waals surface area contributed by atoms with E-state index >= 15 is 0 Å². The summed E-state index contributed by atoms with van der Waals surface area (Å²) in [5.41, 5.74) is 1.83. The highest BCUT2D eigenvalue weighted by Gasteiger charge is 2.29. The second kappa shape index (κ2) is 23.3. The zero-order valence-corrected chi connectivity index (χ0v) is 37.3.